The van der Waals surface area contributed by atoms with Crippen molar-refractivity contribution in [3.05, 3.63) is 70.3 Å². The molecule has 2 amide bonds. The van der Waals surface area contributed by atoms with Crippen LogP contribution in [0.2, 0.25) is 0 Å². The first-order valence-corrected chi connectivity index (χ1v) is 8.04. The maximum Gasteiger partial charge on any atom is 0.326 e. The molecule has 1 unspecified atom stereocenters. The minimum atomic E-state index is -0.0938. The summed E-state index contributed by atoms with van der Waals surface area (Å²) in [4.78, 5) is 14.2. The lowest BCUT2D eigenvalue weighted by Crippen LogP contribution is -2.41. The van der Waals surface area contributed by atoms with Crippen LogP contribution in [0, 0.1) is 0 Å². The van der Waals surface area contributed by atoms with Crippen molar-refractivity contribution in [3.8, 4) is 0 Å². The number of hydrogen-bond acceptors (Lipinski definition) is 1. The average Bonchev–Trinajstić information content (AvgIpc) is 2.83. The third kappa shape index (κ3) is 3.07. The van der Waals surface area contributed by atoms with Gasteiger partial charge >= 0.3 is 6.03 Å². The van der Waals surface area contributed by atoms with Crippen molar-refractivity contribution in [2.75, 3.05) is 4.90 Å². The summed E-state index contributed by atoms with van der Waals surface area (Å²) in [5, 5.41) is 2.85. The first kappa shape index (κ1) is 14.9. The number of benzene rings is 2. The van der Waals surface area contributed by atoms with E-state index in [0.29, 0.717) is 0 Å². The molecule has 3 rings (SSSR count). The zero-order valence-corrected chi connectivity index (χ0v) is 13.9. The standard InChI is InChI=1S/C18H17BrN2O/c1-13-11-15-6-2-3-8-17(15)21(13)18(22)20-10-9-14-5-4-7-16(19)12-14/h2-10,12-13H,11H2,1H3,(H,20,22)/b10-9+. The molecule has 0 aromatic heterocycles. The fourth-order valence-electron chi connectivity index (χ4n) is 2.76. The first-order chi connectivity index (χ1) is 10.6. The summed E-state index contributed by atoms with van der Waals surface area (Å²) >= 11 is 3.43. The van der Waals surface area contributed by atoms with Crippen LogP contribution >= 0.6 is 15.9 Å². The molecular weight excluding hydrogens is 340 g/mol. The highest BCUT2D eigenvalue weighted by Crippen LogP contribution is 2.31. The molecule has 0 aliphatic carbocycles. The monoisotopic (exact) mass is 356 g/mol. The van der Waals surface area contributed by atoms with Crippen molar-refractivity contribution >= 4 is 33.7 Å². The summed E-state index contributed by atoms with van der Waals surface area (Å²) in [5.41, 5.74) is 3.26. The van der Waals surface area contributed by atoms with E-state index in [1.165, 1.54) is 5.56 Å². The predicted octanol–water partition coefficient (Wildman–Crippen LogP) is 4.58. The number of carbonyl (C=O) groups excluding carboxylic acids is 1. The van der Waals surface area contributed by atoms with Crippen LogP contribution < -0.4 is 10.2 Å². The Hall–Kier alpha value is -2.07. The van der Waals surface area contributed by atoms with Gasteiger partial charge in [0.25, 0.3) is 0 Å². The Bertz CT molecular complexity index is 727. The van der Waals surface area contributed by atoms with Crippen molar-refractivity contribution in [1.29, 1.82) is 0 Å². The maximum absolute atomic E-state index is 12.4. The van der Waals surface area contributed by atoms with E-state index in [2.05, 4.69) is 34.2 Å². The van der Waals surface area contributed by atoms with Gasteiger partial charge in [0.05, 0.1) is 0 Å². The van der Waals surface area contributed by atoms with Gasteiger partial charge in [-0.1, -0.05) is 46.3 Å². The smallest absolute Gasteiger partial charge is 0.314 e. The lowest BCUT2D eigenvalue weighted by Gasteiger charge is -2.22. The van der Waals surface area contributed by atoms with Crippen LogP contribution in [0.25, 0.3) is 6.08 Å². The highest BCUT2D eigenvalue weighted by Gasteiger charge is 2.29. The molecule has 0 spiro atoms. The number of rotatable bonds is 2. The second kappa shape index (κ2) is 6.36. The van der Waals surface area contributed by atoms with Crippen molar-refractivity contribution in [2.24, 2.45) is 0 Å². The van der Waals surface area contributed by atoms with Gasteiger partial charge in [0.1, 0.15) is 0 Å². The lowest BCUT2D eigenvalue weighted by molar-refractivity contribution is 0.248. The molecule has 3 nitrogen and oxygen atoms in total. The molecule has 0 bridgehead atoms. The summed E-state index contributed by atoms with van der Waals surface area (Å²) in [7, 11) is 0. The van der Waals surface area contributed by atoms with Gasteiger partial charge in [-0.05, 0) is 48.7 Å². The Labute approximate surface area is 138 Å². The summed E-state index contributed by atoms with van der Waals surface area (Å²) < 4.78 is 1.02. The Morgan fingerprint density at radius 1 is 1.27 bits per heavy atom. The minimum Gasteiger partial charge on any atom is -0.314 e. The third-order valence-electron chi connectivity index (χ3n) is 3.76. The van der Waals surface area contributed by atoms with Gasteiger partial charge in [0.15, 0.2) is 0 Å². The second-order valence-corrected chi connectivity index (χ2v) is 6.31. The number of fused-ring (bicyclic) bond motifs is 1. The van der Waals surface area contributed by atoms with Gasteiger partial charge in [-0.15, -0.1) is 0 Å². The first-order valence-electron chi connectivity index (χ1n) is 7.25. The van der Waals surface area contributed by atoms with Crippen LogP contribution in [0.5, 0.6) is 0 Å². The van der Waals surface area contributed by atoms with Crippen molar-refractivity contribution in [3.63, 3.8) is 0 Å². The molecule has 2 aromatic rings. The quantitative estimate of drug-likeness (QED) is 0.838. The zero-order chi connectivity index (χ0) is 15.5. The number of anilines is 1. The molecule has 1 atom stereocenters. The van der Waals surface area contributed by atoms with E-state index in [-0.39, 0.29) is 12.1 Å². The molecule has 0 saturated heterocycles. The van der Waals surface area contributed by atoms with Crippen LogP contribution in [0.15, 0.2) is 59.2 Å². The second-order valence-electron chi connectivity index (χ2n) is 5.39. The number of nitrogens with one attached hydrogen (secondary N) is 1. The molecule has 0 saturated carbocycles. The molecule has 0 fully saturated rings. The van der Waals surface area contributed by atoms with Crippen LogP contribution in [-0.2, 0) is 6.42 Å². The number of amides is 2. The summed E-state index contributed by atoms with van der Waals surface area (Å²) in [6.45, 7) is 2.07. The SMILES string of the molecule is CC1Cc2ccccc2N1C(=O)N/C=C/c1cccc(Br)c1. The predicted molar refractivity (Wildman–Crippen MR) is 93.8 cm³/mol. The van der Waals surface area contributed by atoms with E-state index >= 15 is 0 Å². The van der Waals surface area contributed by atoms with Gasteiger partial charge in [0.2, 0.25) is 0 Å². The van der Waals surface area contributed by atoms with Crippen molar-refractivity contribution in [1.82, 2.24) is 5.32 Å². The summed E-state index contributed by atoms with van der Waals surface area (Å²) in [6, 6.07) is 16.1. The van der Waals surface area contributed by atoms with E-state index in [4.69, 9.17) is 0 Å². The van der Waals surface area contributed by atoms with Gasteiger partial charge < -0.3 is 5.32 Å². The summed E-state index contributed by atoms with van der Waals surface area (Å²) in [6.07, 6.45) is 4.48. The van der Waals surface area contributed by atoms with E-state index in [9.17, 15) is 4.79 Å². The largest absolute Gasteiger partial charge is 0.326 e. The average molecular weight is 357 g/mol. The van der Waals surface area contributed by atoms with Gasteiger partial charge in [-0.3, -0.25) is 4.90 Å². The van der Waals surface area contributed by atoms with Crippen molar-refractivity contribution in [2.45, 2.75) is 19.4 Å². The Kier molecular flexibility index (Phi) is 4.29. The molecule has 4 heteroatoms. The molecule has 1 aliphatic rings. The number of para-hydroxylation sites is 1. The topological polar surface area (TPSA) is 32.3 Å². The van der Waals surface area contributed by atoms with E-state index in [1.54, 1.807) is 6.20 Å². The fraction of sp³-hybridized carbons (Fsp3) is 0.167. The van der Waals surface area contributed by atoms with E-state index < -0.39 is 0 Å². The van der Waals surface area contributed by atoms with Gasteiger partial charge in [0, 0.05) is 22.4 Å². The number of hydrogen-bond donors (Lipinski definition) is 1. The lowest BCUT2D eigenvalue weighted by atomic mass is 10.1. The molecule has 112 valence electrons. The highest BCUT2D eigenvalue weighted by atomic mass is 79.9. The van der Waals surface area contributed by atoms with Gasteiger partial charge in [-0.25, -0.2) is 4.79 Å². The van der Waals surface area contributed by atoms with E-state index in [0.717, 1.165) is 22.1 Å². The third-order valence-corrected chi connectivity index (χ3v) is 4.25. The minimum absolute atomic E-state index is 0.0938. The Balaban J connectivity index is 1.70. The van der Waals surface area contributed by atoms with Crippen LogP contribution in [0.1, 0.15) is 18.1 Å². The maximum atomic E-state index is 12.4. The van der Waals surface area contributed by atoms with E-state index in [1.807, 2.05) is 53.4 Å². The fourth-order valence-corrected chi connectivity index (χ4v) is 3.18. The molecule has 1 aliphatic heterocycles. The molecular formula is C18H17BrN2O. The Morgan fingerprint density at radius 2 is 2.09 bits per heavy atom. The molecule has 0 radical (unpaired) electrons. The van der Waals surface area contributed by atoms with Crippen LogP contribution in [0.3, 0.4) is 0 Å². The van der Waals surface area contributed by atoms with Crippen LogP contribution in [-0.4, -0.2) is 12.1 Å². The molecule has 2 aromatic carbocycles. The molecule has 1 heterocycles. The number of carbonyl (C=O) groups is 1. The van der Waals surface area contributed by atoms with Crippen LogP contribution in [0.4, 0.5) is 10.5 Å². The van der Waals surface area contributed by atoms with Gasteiger partial charge in [-0.2, -0.15) is 0 Å². The highest BCUT2D eigenvalue weighted by molar-refractivity contribution is 9.10. The Morgan fingerprint density at radius 3 is 2.91 bits per heavy atom. The summed E-state index contributed by atoms with van der Waals surface area (Å²) in [5.74, 6) is 0. The number of nitrogens with zero attached hydrogens (tertiary/aromatic N) is 1. The normalized spacial score (nSPS) is 16.8. The number of urea groups is 1. The molecule has 1 N–H and O–H groups in total. The molecule has 22 heavy (non-hydrogen) atoms. The zero-order valence-electron chi connectivity index (χ0n) is 12.3. The number of halogens is 1. The van der Waals surface area contributed by atoms with Crippen molar-refractivity contribution < 1.29 is 4.79 Å².